The second-order valence-corrected chi connectivity index (χ2v) is 5.10. The van der Waals surface area contributed by atoms with Crippen LogP contribution in [0.3, 0.4) is 0 Å². The third-order valence-corrected chi connectivity index (χ3v) is 3.51. The molecule has 0 saturated carbocycles. The Morgan fingerprint density at radius 3 is 2.77 bits per heavy atom. The average molecular weight is 305 g/mol. The minimum atomic E-state index is -0.671. The summed E-state index contributed by atoms with van der Waals surface area (Å²) in [5, 5.41) is 2.96. The number of hydrogen-bond acceptors (Lipinski definition) is 6. The Bertz CT molecular complexity index is 563. The lowest BCUT2D eigenvalue weighted by molar-refractivity contribution is -0.160. The van der Waals surface area contributed by atoms with E-state index in [1.165, 1.54) is 7.11 Å². The molecule has 0 aliphatic carbocycles. The van der Waals surface area contributed by atoms with Crippen LogP contribution in [0.15, 0.2) is 24.3 Å². The second-order valence-electron chi connectivity index (χ2n) is 5.10. The van der Waals surface area contributed by atoms with Crippen LogP contribution in [-0.2, 0) is 14.3 Å². The van der Waals surface area contributed by atoms with Crippen molar-refractivity contribution in [3.8, 4) is 5.75 Å². The van der Waals surface area contributed by atoms with E-state index in [0.717, 1.165) is 13.0 Å². The highest BCUT2D eigenvalue weighted by molar-refractivity contribution is 5.98. The number of nitrogens with one attached hydrogen (secondary N) is 1. The van der Waals surface area contributed by atoms with Crippen LogP contribution < -0.4 is 10.1 Å². The predicted molar refractivity (Wildman–Crippen MR) is 78.7 cm³/mol. The van der Waals surface area contributed by atoms with E-state index in [-0.39, 0.29) is 18.6 Å². The maximum Gasteiger partial charge on any atom is 0.330 e. The SMILES string of the molecule is COc1cccc(C(=O)CCC(=O)OC(=O)[C@@H]2CCCN2)c1. The van der Waals surface area contributed by atoms with Crippen LogP contribution in [0.2, 0.25) is 0 Å². The number of hydrogen-bond donors (Lipinski definition) is 1. The first-order chi connectivity index (χ1) is 10.6. The van der Waals surface area contributed by atoms with Crippen molar-refractivity contribution in [3.05, 3.63) is 29.8 Å². The van der Waals surface area contributed by atoms with Gasteiger partial charge in [0.05, 0.1) is 13.5 Å². The van der Waals surface area contributed by atoms with Gasteiger partial charge in [-0.25, -0.2) is 4.79 Å². The number of methoxy groups -OCH3 is 1. The molecule has 1 N–H and O–H groups in total. The highest BCUT2D eigenvalue weighted by atomic mass is 16.6. The number of carbonyl (C=O) groups excluding carboxylic acids is 3. The Kier molecular flexibility index (Phi) is 5.66. The van der Waals surface area contributed by atoms with Crippen LogP contribution in [0.5, 0.6) is 5.75 Å². The van der Waals surface area contributed by atoms with E-state index in [1.807, 2.05) is 0 Å². The quantitative estimate of drug-likeness (QED) is 0.487. The number of rotatable bonds is 6. The van der Waals surface area contributed by atoms with E-state index in [1.54, 1.807) is 24.3 Å². The van der Waals surface area contributed by atoms with E-state index in [9.17, 15) is 14.4 Å². The van der Waals surface area contributed by atoms with E-state index >= 15 is 0 Å². The molecule has 0 spiro atoms. The fourth-order valence-corrected chi connectivity index (χ4v) is 2.28. The van der Waals surface area contributed by atoms with E-state index in [0.29, 0.717) is 17.7 Å². The summed E-state index contributed by atoms with van der Waals surface area (Å²) in [6.07, 6.45) is 1.45. The molecule has 1 saturated heterocycles. The molecule has 1 fully saturated rings. The Hall–Kier alpha value is -2.21. The van der Waals surface area contributed by atoms with Crippen LogP contribution in [0.25, 0.3) is 0 Å². The van der Waals surface area contributed by atoms with Crippen molar-refractivity contribution in [3.63, 3.8) is 0 Å². The Labute approximate surface area is 128 Å². The van der Waals surface area contributed by atoms with Gasteiger partial charge in [0.15, 0.2) is 5.78 Å². The van der Waals surface area contributed by atoms with Gasteiger partial charge in [0.2, 0.25) is 0 Å². The number of esters is 2. The van der Waals surface area contributed by atoms with Crippen molar-refractivity contribution in [2.24, 2.45) is 0 Å². The van der Waals surface area contributed by atoms with Gasteiger partial charge in [-0.05, 0) is 31.5 Å². The van der Waals surface area contributed by atoms with Crippen LogP contribution in [0, 0.1) is 0 Å². The molecule has 6 heteroatoms. The molecular formula is C16H19NO5. The first-order valence-corrected chi connectivity index (χ1v) is 7.25. The minimum Gasteiger partial charge on any atom is -0.497 e. The molecular weight excluding hydrogens is 286 g/mol. The van der Waals surface area contributed by atoms with Gasteiger partial charge >= 0.3 is 11.9 Å². The molecule has 0 radical (unpaired) electrons. The minimum absolute atomic E-state index is 0.00260. The highest BCUT2D eigenvalue weighted by Gasteiger charge is 2.25. The maximum absolute atomic E-state index is 12.0. The van der Waals surface area contributed by atoms with Gasteiger partial charge in [0, 0.05) is 12.0 Å². The summed E-state index contributed by atoms with van der Waals surface area (Å²) in [4.78, 5) is 35.3. The summed E-state index contributed by atoms with van der Waals surface area (Å²) in [5.74, 6) is -0.843. The van der Waals surface area contributed by atoms with Crippen molar-refractivity contribution in [2.45, 2.75) is 31.7 Å². The Morgan fingerprint density at radius 1 is 1.27 bits per heavy atom. The van der Waals surface area contributed by atoms with Crippen LogP contribution in [0.4, 0.5) is 0 Å². The molecule has 1 heterocycles. The third-order valence-electron chi connectivity index (χ3n) is 3.51. The van der Waals surface area contributed by atoms with Gasteiger partial charge in [-0.1, -0.05) is 12.1 Å². The van der Waals surface area contributed by atoms with Gasteiger partial charge < -0.3 is 14.8 Å². The molecule has 1 atom stereocenters. The average Bonchev–Trinajstić information content (AvgIpc) is 3.07. The molecule has 1 aliphatic heterocycles. The summed E-state index contributed by atoms with van der Waals surface area (Å²) in [5.41, 5.74) is 0.468. The third kappa shape index (κ3) is 4.39. The standard InChI is InChI=1S/C16H19NO5/c1-21-12-5-2-4-11(10-12)14(18)7-8-15(19)22-16(20)13-6-3-9-17-13/h2,4-5,10,13,17H,3,6-9H2,1H3/t13-/m0/s1. The fourth-order valence-electron chi connectivity index (χ4n) is 2.28. The van der Waals surface area contributed by atoms with E-state index in [4.69, 9.17) is 9.47 Å². The molecule has 0 aromatic heterocycles. The zero-order valence-electron chi connectivity index (χ0n) is 12.5. The van der Waals surface area contributed by atoms with Crippen molar-refractivity contribution < 1.29 is 23.9 Å². The fraction of sp³-hybridized carbons (Fsp3) is 0.438. The van der Waals surface area contributed by atoms with E-state index in [2.05, 4.69) is 5.32 Å². The lowest BCUT2D eigenvalue weighted by Crippen LogP contribution is -2.33. The predicted octanol–water partition coefficient (Wildman–Crippen LogP) is 1.48. The molecule has 6 nitrogen and oxygen atoms in total. The molecule has 1 aliphatic rings. The normalized spacial score (nSPS) is 17.0. The molecule has 2 rings (SSSR count). The van der Waals surface area contributed by atoms with Crippen LogP contribution in [-0.4, -0.2) is 37.4 Å². The first-order valence-electron chi connectivity index (χ1n) is 7.25. The summed E-state index contributed by atoms with van der Waals surface area (Å²) in [7, 11) is 1.52. The van der Waals surface area contributed by atoms with Gasteiger partial charge in [0.25, 0.3) is 0 Å². The monoisotopic (exact) mass is 305 g/mol. The van der Waals surface area contributed by atoms with Gasteiger partial charge in [-0.15, -0.1) is 0 Å². The van der Waals surface area contributed by atoms with Crippen molar-refractivity contribution in [2.75, 3.05) is 13.7 Å². The molecule has 22 heavy (non-hydrogen) atoms. The van der Waals surface area contributed by atoms with Crippen LogP contribution in [0.1, 0.15) is 36.0 Å². The lowest BCUT2D eigenvalue weighted by Gasteiger charge is -2.08. The molecule has 1 aromatic rings. The second kappa shape index (κ2) is 7.70. The first kappa shape index (κ1) is 16.2. The maximum atomic E-state index is 12.0. The summed E-state index contributed by atoms with van der Waals surface area (Å²) in [6.45, 7) is 0.752. The summed E-state index contributed by atoms with van der Waals surface area (Å²) < 4.78 is 9.79. The van der Waals surface area contributed by atoms with Gasteiger partial charge in [-0.2, -0.15) is 0 Å². The van der Waals surface area contributed by atoms with Crippen molar-refractivity contribution >= 4 is 17.7 Å². The number of ether oxygens (including phenoxy) is 2. The lowest BCUT2D eigenvalue weighted by atomic mass is 10.1. The number of benzene rings is 1. The Morgan fingerprint density at radius 2 is 2.09 bits per heavy atom. The largest absolute Gasteiger partial charge is 0.497 e. The van der Waals surface area contributed by atoms with E-state index < -0.39 is 18.0 Å². The molecule has 0 unspecified atom stereocenters. The summed E-state index contributed by atoms with van der Waals surface area (Å²) >= 11 is 0. The van der Waals surface area contributed by atoms with Crippen LogP contribution >= 0.6 is 0 Å². The highest BCUT2D eigenvalue weighted by Crippen LogP contribution is 2.15. The molecule has 0 bridgehead atoms. The smallest absolute Gasteiger partial charge is 0.330 e. The summed E-state index contributed by atoms with van der Waals surface area (Å²) in [6, 6.07) is 6.31. The zero-order valence-corrected chi connectivity index (χ0v) is 12.5. The topological polar surface area (TPSA) is 81.7 Å². The number of carbonyl (C=O) groups is 3. The van der Waals surface area contributed by atoms with Gasteiger partial charge in [0.1, 0.15) is 11.8 Å². The molecule has 1 aromatic carbocycles. The molecule has 118 valence electrons. The van der Waals surface area contributed by atoms with Crippen molar-refractivity contribution in [1.29, 1.82) is 0 Å². The molecule has 0 amide bonds. The number of Topliss-reactive ketones (excluding diaryl/α,β-unsaturated/α-hetero) is 1. The van der Waals surface area contributed by atoms with Gasteiger partial charge in [-0.3, -0.25) is 9.59 Å². The Balaban J connectivity index is 1.79. The number of ketones is 1. The van der Waals surface area contributed by atoms with Crippen molar-refractivity contribution in [1.82, 2.24) is 5.32 Å². The zero-order chi connectivity index (χ0) is 15.9.